The minimum Gasteiger partial charge on any atom is -0.497 e. The Hall–Kier alpha value is -3.55. The summed E-state index contributed by atoms with van der Waals surface area (Å²) < 4.78 is 16.4. The Labute approximate surface area is 188 Å². The number of hydrogen-bond donors (Lipinski definition) is 1. The smallest absolute Gasteiger partial charge is 0.346 e. The van der Waals surface area contributed by atoms with Crippen molar-refractivity contribution < 1.29 is 23.8 Å². The summed E-state index contributed by atoms with van der Waals surface area (Å²) in [4.78, 5) is 25.5. The third kappa shape index (κ3) is 4.85. The Morgan fingerprint density at radius 3 is 2.41 bits per heavy atom. The van der Waals surface area contributed by atoms with Crippen LogP contribution >= 0.6 is 0 Å². The average molecular weight is 440 g/mol. The molecule has 8 heteroatoms. The van der Waals surface area contributed by atoms with Crippen LogP contribution in [-0.2, 0) is 10.3 Å². The van der Waals surface area contributed by atoms with Crippen LogP contribution in [-0.4, -0.2) is 44.0 Å². The van der Waals surface area contributed by atoms with Crippen LogP contribution in [0.3, 0.4) is 0 Å². The van der Waals surface area contributed by atoms with Gasteiger partial charge in [-0.05, 0) is 60.7 Å². The first-order valence-corrected chi connectivity index (χ1v) is 10.4. The van der Waals surface area contributed by atoms with Crippen molar-refractivity contribution in [1.82, 2.24) is 10.3 Å². The number of imide groups is 1. The van der Waals surface area contributed by atoms with E-state index in [1.807, 2.05) is 0 Å². The fourth-order valence-electron chi connectivity index (χ4n) is 3.26. The maximum Gasteiger partial charge on any atom is 0.346 e. The van der Waals surface area contributed by atoms with Crippen molar-refractivity contribution in [3.63, 3.8) is 0 Å². The Kier molecular flexibility index (Phi) is 7.02. The van der Waals surface area contributed by atoms with Gasteiger partial charge in [-0.3, -0.25) is 4.79 Å². The Morgan fingerprint density at radius 1 is 1.06 bits per heavy atom. The van der Waals surface area contributed by atoms with Gasteiger partial charge in [-0.15, -0.1) is 5.01 Å². The summed E-state index contributed by atoms with van der Waals surface area (Å²) in [6, 6.07) is 11.7. The largest absolute Gasteiger partial charge is 0.497 e. The van der Waals surface area contributed by atoms with E-state index in [-0.39, 0.29) is 0 Å². The lowest BCUT2D eigenvalue weighted by atomic mass is 9.92. The molecule has 0 aliphatic carbocycles. The molecule has 1 aliphatic rings. The number of urea groups is 1. The summed E-state index contributed by atoms with van der Waals surface area (Å²) >= 11 is 0. The van der Waals surface area contributed by atoms with Gasteiger partial charge in [0.25, 0.3) is 5.91 Å². The molecule has 8 nitrogen and oxygen atoms in total. The molecule has 2 aromatic rings. The number of methoxy groups -OCH3 is 2. The van der Waals surface area contributed by atoms with Crippen LogP contribution in [0, 0.1) is 5.92 Å². The number of hydrazone groups is 1. The molecule has 1 unspecified atom stereocenters. The first kappa shape index (κ1) is 23.1. The molecule has 1 N–H and O–H groups in total. The molecule has 170 valence electrons. The third-order valence-corrected chi connectivity index (χ3v) is 5.30. The van der Waals surface area contributed by atoms with E-state index >= 15 is 0 Å². The number of nitrogens with one attached hydrogen (secondary N) is 1. The first-order valence-electron chi connectivity index (χ1n) is 10.4. The maximum atomic E-state index is 13.0. The van der Waals surface area contributed by atoms with E-state index in [1.165, 1.54) is 6.21 Å². The normalized spacial score (nSPS) is 18.4. The highest BCUT2D eigenvalue weighted by molar-refractivity contribution is 6.07. The van der Waals surface area contributed by atoms with Gasteiger partial charge in [-0.25, -0.2) is 4.79 Å². The highest BCUT2D eigenvalue weighted by Crippen LogP contribution is 2.31. The summed E-state index contributed by atoms with van der Waals surface area (Å²) in [7, 11) is 3.12. The average Bonchev–Trinajstić information content (AvgIpc) is 3.01. The maximum absolute atomic E-state index is 13.0. The Morgan fingerprint density at radius 2 is 1.78 bits per heavy atom. The Bertz CT molecular complexity index is 1000. The predicted molar refractivity (Wildman–Crippen MR) is 121 cm³/mol. The van der Waals surface area contributed by atoms with Gasteiger partial charge in [0, 0.05) is 0 Å². The minimum atomic E-state index is -1.22. The molecule has 0 saturated carbocycles. The number of hydrogen-bond acceptors (Lipinski definition) is 6. The van der Waals surface area contributed by atoms with Gasteiger partial charge in [-0.1, -0.05) is 26.0 Å². The van der Waals surface area contributed by atoms with Gasteiger partial charge in [0.2, 0.25) is 0 Å². The lowest BCUT2D eigenvalue weighted by molar-refractivity contribution is -0.131. The molecule has 0 bridgehead atoms. The molecule has 1 atom stereocenters. The summed E-state index contributed by atoms with van der Waals surface area (Å²) in [6.45, 7) is 6.51. The van der Waals surface area contributed by atoms with Gasteiger partial charge in [0.1, 0.15) is 11.3 Å². The number of benzene rings is 2. The highest BCUT2D eigenvalue weighted by Gasteiger charge is 2.49. The number of carbonyl (C=O) groups excluding carboxylic acids is 2. The highest BCUT2D eigenvalue weighted by atomic mass is 16.5. The van der Waals surface area contributed by atoms with Crippen LogP contribution in [0.1, 0.15) is 38.3 Å². The predicted octanol–water partition coefficient (Wildman–Crippen LogP) is 3.93. The first-order chi connectivity index (χ1) is 15.3. The topological polar surface area (TPSA) is 89.5 Å². The fourth-order valence-corrected chi connectivity index (χ4v) is 3.26. The molecular weight excluding hydrogens is 410 g/mol. The molecule has 0 radical (unpaired) electrons. The molecule has 1 heterocycles. The van der Waals surface area contributed by atoms with Gasteiger partial charge in [-0.2, -0.15) is 5.10 Å². The van der Waals surface area contributed by atoms with E-state index in [1.54, 1.807) is 63.6 Å². The second-order valence-electron chi connectivity index (χ2n) is 8.09. The molecule has 3 amide bonds. The summed E-state index contributed by atoms with van der Waals surface area (Å²) in [5.74, 6) is 1.92. The van der Waals surface area contributed by atoms with E-state index in [0.717, 1.165) is 11.4 Å². The molecule has 1 aliphatic heterocycles. The van der Waals surface area contributed by atoms with Crippen molar-refractivity contribution >= 4 is 18.2 Å². The van der Waals surface area contributed by atoms with E-state index in [0.29, 0.717) is 40.9 Å². The zero-order valence-corrected chi connectivity index (χ0v) is 19.0. The van der Waals surface area contributed by atoms with Gasteiger partial charge < -0.3 is 19.5 Å². The van der Waals surface area contributed by atoms with Crippen LogP contribution in [0.25, 0.3) is 0 Å². The molecular formula is C24H29N3O5. The van der Waals surface area contributed by atoms with Crippen LogP contribution < -0.4 is 19.5 Å². The standard InChI is InChI=1S/C24H29N3O5/c1-16(2)12-13-32-20-11-6-17(14-21(20)31-5)15-25-27-22(28)24(3,26-23(27)29)18-7-9-19(30-4)10-8-18/h6-11,14-16H,12-13H2,1-5H3,(H,26,29)/b25-15+. The summed E-state index contributed by atoms with van der Waals surface area (Å²) in [5.41, 5.74) is 0.0857. The van der Waals surface area contributed by atoms with Gasteiger partial charge in [0.05, 0.1) is 27.0 Å². The molecule has 1 saturated heterocycles. The van der Waals surface area contributed by atoms with Crippen molar-refractivity contribution in [2.24, 2.45) is 11.0 Å². The van der Waals surface area contributed by atoms with Crippen LogP contribution in [0.2, 0.25) is 0 Å². The molecule has 1 fully saturated rings. The van der Waals surface area contributed by atoms with Gasteiger partial charge >= 0.3 is 6.03 Å². The second kappa shape index (κ2) is 9.72. The number of rotatable bonds is 9. The van der Waals surface area contributed by atoms with Crippen LogP contribution in [0.4, 0.5) is 4.79 Å². The fraction of sp³-hybridized carbons (Fsp3) is 0.375. The molecule has 2 aromatic carbocycles. The van der Waals surface area contributed by atoms with Crippen molar-refractivity contribution in [3.05, 3.63) is 53.6 Å². The quantitative estimate of drug-likeness (QED) is 0.472. The van der Waals surface area contributed by atoms with Crippen molar-refractivity contribution in [3.8, 4) is 17.2 Å². The zero-order chi connectivity index (χ0) is 23.3. The number of amides is 3. The van der Waals surface area contributed by atoms with Crippen LogP contribution in [0.15, 0.2) is 47.6 Å². The van der Waals surface area contributed by atoms with Gasteiger partial charge in [0.15, 0.2) is 11.5 Å². The molecule has 0 spiro atoms. The summed E-state index contributed by atoms with van der Waals surface area (Å²) in [6.07, 6.45) is 2.38. The van der Waals surface area contributed by atoms with Crippen molar-refractivity contribution in [2.45, 2.75) is 32.7 Å². The summed E-state index contributed by atoms with van der Waals surface area (Å²) in [5, 5.41) is 7.69. The lowest BCUT2D eigenvalue weighted by Gasteiger charge is -2.21. The SMILES string of the molecule is COc1ccc(C2(C)NC(=O)N(/N=C/c3ccc(OCCC(C)C)c(OC)c3)C2=O)cc1. The number of carbonyl (C=O) groups is 2. The Balaban J connectivity index is 1.75. The second-order valence-corrected chi connectivity index (χ2v) is 8.09. The van der Waals surface area contributed by atoms with E-state index in [9.17, 15) is 9.59 Å². The van der Waals surface area contributed by atoms with E-state index < -0.39 is 17.5 Å². The molecule has 0 aromatic heterocycles. The van der Waals surface area contributed by atoms with E-state index in [2.05, 4.69) is 24.3 Å². The van der Waals surface area contributed by atoms with Crippen LogP contribution in [0.5, 0.6) is 17.2 Å². The molecule has 3 rings (SSSR count). The minimum absolute atomic E-state index is 0.468. The third-order valence-electron chi connectivity index (χ3n) is 5.30. The zero-order valence-electron chi connectivity index (χ0n) is 19.0. The van der Waals surface area contributed by atoms with Crippen molar-refractivity contribution in [2.75, 3.05) is 20.8 Å². The van der Waals surface area contributed by atoms with Crippen molar-refractivity contribution in [1.29, 1.82) is 0 Å². The molecule has 32 heavy (non-hydrogen) atoms. The lowest BCUT2D eigenvalue weighted by Crippen LogP contribution is -2.40. The number of nitrogens with zero attached hydrogens (tertiary/aromatic N) is 2. The van der Waals surface area contributed by atoms with E-state index in [4.69, 9.17) is 14.2 Å². The monoisotopic (exact) mass is 439 g/mol. The number of ether oxygens (including phenoxy) is 3.